The van der Waals surface area contributed by atoms with E-state index in [0.717, 1.165) is 18.8 Å². The van der Waals surface area contributed by atoms with Gasteiger partial charge in [0.15, 0.2) is 0 Å². The minimum atomic E-state index is 0.524. The van der Waals surface area contributed by atoms with E-state index >= 15 is 0 Å². The molecule has 1 N–H and O–H groups in total. The van der Waals surface area contributed by atoms with Crippen molar-refractivity contribution in [2.24, 2.45) is 0 Å². The van der Waals surface area contributed by atoms with E-state index in [9.17, 15) is 0 Å². The standard InChI is InChI=1S/C17H30N2O/c1-6-7-14(2)18-12-15(3)19(4)13-16-8-10-17(20-5)11-9-16/h8-11,14-15,18H,6-7,12-13H2,1-5H3. The van der Waals surface area contributed by atoms with Crippen LogP contribution in [0.25, 0.3) is 0 Å². The van der Waals surface area contributed by atoms with Crippen molar-refractivity contribution in [1.82, 2.24) is 10.2 Å². The zero-order valence-corrected chi connectivity index (χ0v) is 13.6. The Kier molecular flexibility index (Phi) is 7.63. The molecule has 0 aliphatic heterocycles. The lowest BCUT2D eigenvalue weighted by atomic mass is 10.1. The lowest BCUT2D eigenvalue weighted by Gasteiger charge is -2.26. The molecule has 2 atom stereocenters. The summed E-state index contributed by atoms with van der Waals surface area (Å²) in [5.74, 6) is 0.916. The fourth-order valence-corrected chi connectivity index (χ4v) is 2.24. The van der Waals surface area contributed by atoms with Crippen molar-refractivity contribution < 1.29 is 4.74 Å². The molecule has 114 valence electrons. The van der Waals surface area contributed by atoms with Crippen LogP contribution in [-0.4, -0.2) is 37.7 Å². The smallest absolute Gasteiger partial charge is 0.118 e. The van der Waals surface area contributed by atoms with Crippen LogP contribution in [0.5, 0.6) is 5.75 Å². The van der Waals surface area contributed by atoms with Crippen LogP contribution in [-0.2, 0) is 6.54 Å². The molecule has 0 saturated carbocycles. The van der Waals surface area contributed by atoms with Gasteiger partial charge >= 0.3 is 0 Å². The minimum Gasteiger partial charge on any atom is -0.497 e. The number of nitrogens with one attached hydrogen (secondary N) is 1. The Balaban J connectivity index is 2.38. The highest BCUT2D eigenvalue weighted by Gasteiger charge is 2.10. The van der Waals surface area contributed by atoms with Crippen molar-refractivity contribution in [3.63, 3.8) is 0 Å². The van der Waals surface area contributed by atoms with E-state index in [1.807, 2.05) is 12.1 Å². The molecule has 1 rings (SSSR count). The summed E-state index contributed by atoms with van der Waals surface area (Å²) in [4.78, 5) is 2.38. The predicted molar refractivity (Wildman–Crippen MR) is 86.3 cm³/mol. The quantitative estimate of drug-likeness (QED) is 0.750. The van der Waals surface area contributed by atoms with E-state index in [1.54, 1.807) is 7.11 Å². The number of rotatable bonds is 9. The molecule has 3 nitrogen and oxygen atoms in total. The summed E-state index contributed by atoms with van der Waals surface area (Å²) in [5.41, 5.74) is 1.32. The summed E-state index contributed by atoms with van der Waals surface area (Å²) in [7, 11) is 3.88. The van der Waals surface area contributed by atoms with Gasteiger partial charge in [-0.3, -0.25) is 4.90 Å². The van der Waals surface area contributed by atoms with Gasteiger partial charge in [0.1, 0.15) is 5.75 Å². The lowest BCUT2D eigenvalue weighted by Crippen LogP contribution is -2.40. The molecule has 1 aromatic rings. The van der Waals surface area contributed by atoms with Crippen LogP contribution >= 0.6 is 0 Å². The van der Waals surface area contributed by atoms with Gasteiger partial charge in [0, 0.05) is 25.2 Å². The largest absolute Gasteiger partial charge is 0.497 e. The van der Waals surface area contributed by atoms with Gasteiger partial charge in [0.25, 0.3) is 0 Å². The third-order valence-electron chi connectivity index (χ3n) is 3.83. The Morgan fingerprint density at radius 3 is 2.40 bits per heavy atom. The molecule has 1 aromatic carbocycles. The van der Waals surface area contributed by atoms with Gasteiger partial charge in [-0.1, -0.05) is 25.5 Å². The third kappa shape index (κ3) is 5.93. The zero-order valence-electron chi connectivity index (χ0n) is 13.6. The normalized spacial score (nSPS) is 14.3. The molecule has 0 bridgehead atoms. The second-order valence-electron chi connectivity index (χ2n) is 5.71. The monoisotopic (exact) mass is 278 g/mol. The predicted octanol–water partition coefficient (Wildman–Crippen LogP) is 3.29. The van der Waals surface area contributed by atoms with E-state index in [1.165, 1.54) is 18.4 Å². The van der Waals surface area contributed by atoms with E-state index in [4.69, 9.17) is 4.74 Å². The van der Waals surface area contributed by atoms with Gasteiger partial charge in [-0.2, -0.15) is 0 Å². The van der Waals surface area contributed by atoms with Gasteiger partial charge in [-0.25, -0.2) is 0 Å². The highest BCUT2D eigenvalue weighted by Crippen LogP contribution is 2.13. The van der Waals surface area contributed by atoms with Crippen molar-refractivity contribution in [3.8, 4) is 5.75 Å². The highest BCUT2D eigenvalue weighted by molar-refractivity contribution is 5.27. The van der Waals surface area contributed by atoms with Crippen LogP contribution in [0.4, 0.5) is 0 Å². The number of benzene rings is 1. The highest BCUT2D eigenvalue weighted by atomic mass is 16.5. The molecule has 0 radical (unpaired) electrons. The molecule has 0 aliphatic rings. The molecule has 3 heteroatoms. The van der Waals surface area contributed by atoms with Crippen LogP contribution in [0.3, 0.4) is 0 Å². The lowest BCUT2D eigenvalue weighted by molar-refractivity contribution is 0.237. The van der Waals surface area contributed by atoms with Gasteiger partial charge < -0.3 is 10.1 Å². The summed E-state index contributed by atoms with van der Waals surface area (Å²) in [6.45, 7) is 8.77. The van der Waals surface area contributed by atoms with E-state index < -0.39 is 0 Å². The molecular formula is C17H30N2O. The number of ether oxygens (including phenoxy) is 1. The third-order valence-corrected chi connectivity index (χ3v) is 3.83. The fourth-order valence-electron chi connectivity index (χ4n) is 2.24. The molecule has 20 heavy (non-hydrogen) atoms. The van der Waals surface area contributed by atoms with Gasteiger partial charge in [-0.05, 0) is 45.0 Å². The van der Waals surface area contributed by atoms with Crippen molar-refractivity contribution in [3.05, 3.63) is 29.8 Å². The maximum atomic E-state index is 5.19. The number of nitrogens with zero attached hydrogens (tertiary/aromatic N) is 1. The van der Waals surface area contributed by atoms with Crippen molar-refractivity contribution in [2.75, 3.05) is 20.7 Å². The fraction of sp³-hybridized carbons (Fsp3) is 0.647. The Hall–Kier alpha value is -1.06. The molecule has 0 spiro atoms. The SMILES string of the molecule is CCCC(C)NCC(C)N(C)Cc1ccc(OC)cc1. The van der Waals surface area contributed by atoms with Crippen molar-refractivity contribution >= 4 is 0 Å². The van der Waals surface area contributed by atoms with Gasteiger partial charge in [-0.15, -0.1) is 0 Å². The van der Waals surface area contributed by atoms with Crippen LogP contribution in [0.15, 0.2) is 24.3 Å². The van der Waals surface area contributed by atoms with Crippen LogP contribution < -0.4 is 10.1 Å². The summed E-state index contributed by atoms with van der Waals surface area (Å²) >= 11 is 0. The summed E-state index contributed by atoms with van der Waals surface area (Å²) in [6.07, 6.45) is 2.49. The Labute approximate surface area is 124 Å². The second kappa shape index (κ2) is 8.98. The molecule has 0 fully saturated rings. The molecule has 0 aliphatic carbocycles. The Morgan fingerprint density at radius 2 is 1.85 bits per heavy atom. The molecule has 0 saturated heterocycles. The minimum absolute atomic E-state index is 0.524. The number of methoxy groups -OCH3 is 1. The summed E-state index contributed by atoms with van der Waals surface area (Å²) in [5, 5.41) is 3.61. The first-order chi connectivity index (χ1) is 9.56. The molecule has 0 amide bonds. The van der Waals surface area contributed by atoms with E-state index in [0.29, 0.717) is 12.1 Å². The van der Waals surface area contributed by atoms with Crippen LogP contribution in [0.1, 0.15) is 39.2 Å². The van der Waals surface area contributed by atoms with Crippen molar-refractivity contribution in [1.29, 1.82) is 0 Å². The van der Waals surface area contributed by atoms with Gasteiger partial charge in [0.05, 0.1) is 7.11 Å². The molecule has 0 heterocycles. The summed E-state index contributed by atoms with van der Waals surface area (Å²) < 4.78 is 5.19. The van der Waals surface area contributed by atoms with Crippen molar-refractivity contribution in [2.45, 2.75) is 52.2 Å². The average molecular weight is 278 g/mol. The number of likely N-dealkylation sites (N-methyl/N-ethyl adjacent to an activating group) is 1. The first kappa shape index (κ1) is 17.0. The number of hydrogen-bond acceptors (Lipinski definition) is 3. The van der Waals surface area contributed by atoms with Crippen LogP contribution in [0, 0.1) is 0 Å². The topological polar surface area (TPSA) is 24.5 Å². The van der Waals surface area contributed by atoms with E-state index in [2.05, 4.69) is 50.2 Å². The van der Waals surface area contributed by atoms with E-state index in [-0.39, 0.29) is 0 Å². The molecular weight excluding hydrogens is 248 g/mol. The molecule has 0 aromatic heterocycles. The Morgan fingerprint density at radius 1 is 1.20 bits per heavy atom. The summed E-state index contributed by atoms with van der Waals surface area (Å²) in [6, 6.07) is 9.45. The average Bonchev–Trinajstić information content (AvgIpc) is 2.45. The van der Waals surface area contributed by atoms with Gasteiger partial charge in [0.2, 0.25) is 0 Å². The zero-order chi connectivity index (χ0) is 15.0. The maximum absolute atomic E-state index is 5.19. The first-order valence-corrected chi connectivity index (χ1v) is 7.63. The number of hydrogen-bond donors (Lipinski definition) is 1. The Bertz CT molecular complexity index is 364. The molecule has 2 unspecified atom stereocenters. The first-order valence-electron chi connectivity index (χ1n) is 7.63. The second-order valence-corrected chi connectivity index (χ2v) is 5.71. The maximum Gasteiger partial charge on any atom is 0.118 e. The van der Waals surface area contributed by atoms with Crippen LogP contribution in [0.2, 0.25) is 0 Å².